The van der Waals surface area contributed by atoms with Crippen molar-refractivity contribution in [1.82, 2.24) is 14.9 Å². The number of rotatable bonds is 9. The molecule has 1 amide bonds. The molecule has 6 heteroatoms. The highest BCUT2D eigenvalue weighted by Crippen LogP contribution is 2.20. The molecule has 1 aromatic heterocycles. The maximum Gasteiger partial charge on any atom is 0.249 e. The van der Waals surface area contributed by atoms with Crippen molar-refractivity contribution in [3.63, 3.8) is 0 Å². The third-order valence-electron chi connectivity index (χ3n) is 5.62. The van der Waals surface area contributed by atoms with Crippen LogP contribution in [-0.2, 0) is 22.5 Å². The number of carbonyl (C=O) groups is 1. The molecule has 0 spiro atoms. The van der Waals surface area contributed by atoms with Gasteiger partial charge >= 0.3 is 0 Å². The minimum absolute atomic E-state index is 0.0131. The van der Waals surface area contributed by atoms with Crippen LogP contribution in [0.1, 0.15) is 43.5 Å². The first-order valence-electron chi connectivity index (χ1n) is 10.8. The second kappa shape index (κ2) is 9.85. The summed E-state index contributed by atoms with van der Waals surface area (Å²) < 4.78 is 21.7. The lowest BCUT2D eigenvalue weighted by Crippen LogP contribution is -2.34. The number of carbonyl (C=O) groups excluding carboxylic acids is 1. The van der Waals surface area contributed by atoms with Gasteiger partial charge in [-0.1, -0.05) is 36.8 Å². The van der Waals surface area contributed by atoms with Crippen molar-refractivity contribution >= 4 is 16.9 Å². The lowest BCUT2D eigenvalue weighted by molar-refractivity contribution is -0.130. The second-order valence-corrected chi connectivity index (χ2v) is 7.80. The Morgan fingerprint density at radius 1 is 1.13 bits per heavy atom. The molecule has 1 aliphatic heterocycles. The van der Waals surface area contributed by atoms with Crippen LogP contribution in [0.5, 0.6) is 0 Å². The van der Waals surface area contributed by atoms with Gasteiger partial charge in [0.1, 0.15) is 17.7 Å². The third-order valence-corrected chi connectivity index (χ3v) is 5.62. The number of ether oxygens (including phenoxy) is 1. The molecule has 2 aromatic carbocycles. The largest absolute Gasteiger partial charge is 0.368 e. The second-order valence-electron chi connectivity index (χ2n) is 7.80. The lowest BCUT2D eigenvalue weighted by atomic mass is 10.1. The van der Waals surface area contributed by atoms with Crippen molar-refractivity contribution in [2.45, 2.75) is 51.2 Å². The van der Waals surface area contributed by atoms with Gasteiger partial charge in [-0.15, -0.1) is 0 Å². The molecule has 1 fully saturated rings. The van der Waals surface area contributed by atoms with E-state index in [4.69, 9.17) is 9.72 Å². The van der Waals surface area contributed by atoms with Gasteiger partial charge in [-0.25, -0.2) is 9.37 Å². The number of halogens is 1. The molecule has 5 nitrogen and oxygen atoms in total. The van der Waals surface area contributed by atoms with Crippen LogP contribution in [0.3, 0.4) is 0 Å². The molecule has 1 aliphatic rings. The van der Waals surface area contributed by atoms with Gasteiger partial charge in [0.2, 0.25) is 5.91 Å². The molecule has 3 aromatic rings. The number of aromatic nitrogens is 2. The predicted molar refractivity (Wildman–Crippen MR) is 115 cm³/mol. The van der Waals surface area contributed by atoms with Crippen LogP contribution in [0.4, 0.5) is 4.39 Å². The zero-order chi connectivity index (χ0) is 20.8. The Morgan fingerprint density at radius 2 is 1.97 bits per heavy atom. The van der Waals surface area contributed by atoms with Crippen LogP contribution in [0.15, 0.2) is 48.5 Å². The van der Waals surface area contributed by atoms with Gasteiger partial charge in [-0.3, -0.25) is 4.79 Å². The number of fused-ring (bicyclic) bond motifs is 1. The molecule has 1 N–H and O–H groups in total. The number of amides is 1. The van der Waals surface area contributed by atoms with Gasteiger partial charge in [0.15, 0.2) is 0 Å². The van der Waals surface area contributed by atoms with E-state index >= 15 is 0 Å². The molecule has 0 bridgehead atoms. The van der Waals surface area contributed by atoms with Crippen molar-refractivity contribution in [2.24, 2.45) is 0 Å². The Balaban J connectivity index is 1.33. The highest BCUT2D eigenvalue weighted by atomic mass is 19.1. The average Bonchev–Trinajstić information content (AvgIpc) is 3.41. The Hall–Kier alpha value is -2.73. The van der Waals surface area contributed by atoms with Crippen molar-refractivity contribution in [3.05, 3.63) is 65.7 Å². The van der Waals surface area contributed by atoms with Gasteiger partial charge in [-0.2, -0.15) is 0 Å². The van der Waals surface area contributed by atoms with E-state index in [-0.39, 0.29) is 17.8 Å². The Kier molecular flexibility index (Phi) is 6.74. The number of unbranched alkanes of at least 4 members (excludes halogenated alkanes) is 2. The Labute approximate surface area is 176 Å². The molecule has 1 unspecified atom stereocenters. The SMILES string of the molecule is O=C(NCCCCCc1nc2ccccc2n1Cc1ccccc1F)C1CCCO1. The van der Waals surface area contributed by atoms with E-state index in [1.807, 2.05) is 36.4 Å². The van der Waals surface area contributed by atoms with Gasteiger partial charge < -0.3 is 14.6 Å². The van der Waals surface area contributed by atoms with Crippen LogP contribution in [-0.4, -0.2) is 34.7 Å². The summed E-state index contributed by atoms with van der Waals surface area (Å²) in [5, 5.41) is 2.97. The van der Waals surface area contributed by atoms with E-state index < -0.39 is 0 Å². The van der Waals surface area contributed by atoms with E-state index in [9.17, 15) is 9.18 Å². The number of hydrogen-bond donors (Lipinski definition) is 1. The van der Waals surface area contributed by atoms with Crippen LogP contribution >= 0.6 is 0 Å². The quantitative estimate of drug-likeness (QED) is 0.538. The van der Waals surface area contributed by atoms with Crippen LogP contribution in [0.25, 0.3) is 11.0 Å². The summed E-state index contributed by atoms with van der Waals surface area (Å²) in [5.74, 6) is 0.797. The van der Waals surface area contributed by atoms with Gasteiger partial charge in [0, 0.05) is 25.1 Å². The molecule has 0 aliphatic carbocycles. The number of nitrogens with zero attached hydrogens (tertiary/aromatic N) is 2. The molecule has 30 heavy (non-hydrogen) atoms. The normalized spacial score (nSPS) is 16.2. The molecule has 0 radical (unpaired) electrons. The standard InChI is InChI=1S/C24H28FN3O2/c25-19-10-4-3-9-18(19)17-28-21-12-6-5-11-20(21)27-23(28)14-2-1-7-15-26-24(29)22-13-8-16-30-22/h3-6,9-12,22H,1-2,7-8,13-17H2,(H,26,29). The lowest BCUT2D eigenvalue weighted by Gasteiger charge is -2.11. The van der Waals surface area contributed by atoms with Crippen molar-refractivity contribution in [2.75, 3.05) is 13.2 Å². The average molecular weight is 410 g/mol. The summed E-state index contributed by atoms with van der Waals surface area (Å²) >= 11 is 0. The first-order valence-corrected chi connectivity index (χ1v) is 10.8. The third kappa shape index (κ3) is 4.87. The Morgan fingerprint density at radius 3 is 2.80 bits per heavy atom. The molecule has 2 heterocycles. The minimum atomic E-state index is -0.261. The maximum atomic E-state index is 14.2. The first kappa shape index (κ1) is 20.5. The number of aryl methyl sites for hydroxylation is 1. The molecule has 4 rings (SSSR count). The summed E-state index contributed by atoms with van der Waals surface area (Å²) in [7, 11) is 0. The van der Waals surface area contributed by atoms with E-state index in [0.717, 1.165) is 55.4 Å². The molecule has 1 atom stereocenters. The zero-order valence-corrected chi connectivity index (χ0v) is 17.1. The monoisotopic (exact) mass is 409 g/mol. The van der Waals surface area contributed by atoms with Crippen molar-refractivity contribution in [3.8, 4) is 0 Å². The zero-order valence-electron chi connectivity index (χ0n) is 17.1. The smallest absolute Gasteiger partial charge is 0.249 e. The van der Waals surface area contributed by atoms with Crippen LogP contribution in [0, 0.1) is 5.82 Å². The minimum Gasteiger partial charge on any atom is -0.368 e. The molecule has 158 valence electrons. The fourth-order valence-electron chi connectivity index (χ4n) is 3.98. The predicted octanol–water partition coefficient (Wildman–Crippen LogP) is 4.23. The summed E-state index contributed by atoms with van der Waals surface area (Å²) in [6, 6.07) is 14.9. The molecule has 0 saturated carbocycles. The van der Waals surface area contributed by atoms with E-state index in [1.165, 1.54) is 6.07 Å². The highest BCUT2D eigenvalue weighted by Gasteiger charge is 2.22. The van der Waals surface area contributed by atoms with Crippen molar-refractivity contribution in [1.29, 1.82) is 0 Å². The summed E-state index contributed by atoms with van der Waals surface area (Å²) in [4.78, 5) is 16.8. The molecular weight excluding hydrogens is 381 g/mol. The number of para-hydroxylation sites is 2. The summed E-state index contributed by atoms with van der Waals surface area (Å²) in [6.45, 7) is 1.83. The number of benzene rings is 2. The fraction of sp³-hybridized carbons (Fsp3) is 0.417. The van der Waals surface area contributed by atoms with E-state index in [2.05, 4.69) is 9.88 Å². The van der Waals surface area contributed by atoms with Crippen LogP contribution in [0.2, 0.25) is 0 Å². The number of nitrogens with one attached hydrogen (secondary N) is 1. The van der Waals surface area contributed by atoms with Crippen LogP contribution < -0.4 is 5.32 Å². The highest BCUT2D eigenvalue weighted by molar-refractivity contribution is 5.80. The topological polar surface area (TPSA) is 56.2 Å². The van der Waals surface area contributed by atoms with Gasteiger partial charge in [0.25, 0.3) is 0 Å². The number of imidazole rings is 1. The van der Waals surface area contributed by atoms with Gasteiger partial charge in [0.05, 0.1) is 17.6 Å². The number of hydrogen-bond acceptors (Lipinski definition) is 3. The van der Waals surface area contributed by atoms with E-state index in [0.29, 0.717) is 25.3 Å². The summed E-state index contributed by atoms with van der Waals surface area (Å²) in [5.41, 5.74) is 2.63. The summed E-state index contributed by atoms with van der Waals surface area (Å²) in [6.07, 6.45) is 5.24. The Bertz CT molecular complexity index is 995. The molecule has 1 saturated heterocycles. The molecular formula is C24H28FN3O2. The fourth-order valence-corrected chi connectivity index (χ4v) is 3.98. The first-order chi connectivity index (χ1) is 14.7. The van der Waals surface area contributed by atoms with Crippen molar-refractivity contribution < 1.29 is 13.9 Å². The maximum absolute atomic E-state index is 14.2. The van der Waals surface area contributed by atoms with E-state index in [1.54, 1.807) is 6.07 Å². The van der Waals surface area contributed by atoms with Gasteiger partial charge in [-0.05, 0) is 43.9 Å².